The van der Waals surface area contributed by atoms with E-state index in [1.165, 1.54) is 0 Å². The highest BCUT2D eigenvalue weighted by atomic mass is 16.5. The van der Waals surface area contributed by atoms with Crippen LogP contribution in [-0.4, -0.2) is 43.5 Å². The van der Waals surface area contributed by atoms with E-state index in [2.05, 4.69) is 10.4 Å². The van der Waals surface area contributed by atoms with Crippen LogP contribution in [0.25, 0.3) is 0 Å². The lowest BCUT2D eigenvalue weighted by Gasteiger charge is -2.23. The third-order valence-corrected chi connectivity index (χ3v) is 2.19. The van der Waals surface area contributed by atoms with Crippen molar-refractivity contribution < 1.29 is 9.84 Å². The van der Waals surface area contributed by atoms with Gasteiger partial charge in [0.1, 0.15) is 5.82 Å². The Balaban J connectivity index is 2.73. The summed E-state index contributed by atoms with van der Waals surface area (Å²) in [5.41, 5.74) is 3.44. The summed E-state index contributed by atoms with van der Waals surface area (Å²) in [6.45, 7) is 1.97. The summed E-state index contributed by atoms with van der Waals surface area (Å²) >= 11 is 0. The zero-order valence-corrected chi connectivity index (χ0v) is 9.39. The molecule has 0 atom stereocenters. The van der Waals surface area contributed by atoms with E-state index < -0.39 is 0 Å². The van der Waals surface area contributed by atoms with Gasteiger partial charge in [0.25, 0.3) is 0 Å². The summed E-state index contributed by atoms with van der Waals surface area (Å²) in [5, 5.41) is 8.99. The normalized spacial score (nSPS) is 10.2. The van der Waals surface area contributed by atoms with Crippen LogP contribution >= 0.6 is 0 Å². The second kappa shape index (κ2) is 7.00. The lowest BCUT2D eigenvalue weighted by molar-refractivity contribution is 0.203. The van der Waals surface area contributed by atoms with Gasteiger partial charge in [0, 0.05) is 38.1 Å². The molecule has 1 aromatic rings. The van der Waals surface area contributed by atoms with E-state index in [9.17, 15) is 0 Å². The first kappa shape index (κ1) is 12.7. The Labute approximate surface area is 95.0 Å². The van der Waals surface area contributed by atoms with Crippen molar-refractivity contribution in [2.24, 2.45) is 5.84 Å². The van der Waals surface area contributed by atoms with Gasteiger partial charge in [0.2, 0.25) is 0 Å². The predicted octanol–water partition coefficient (Wildman–Crippen LogP) is -0.188. The van der Waals surface area contributed by atoms with E-state index >= 15 is 0 Å². The van der Waals surface area contributed by atoms with Crippen LogP contribution in [0, 0.1) is 0 Å². The molecule has 0 radical (unpaired) electrons. The SMILES string of the molecule is COCCN(CCO)c1ccnc(NN)c1. The molecule has 90 valence electrons. The van der Waals surface area contributed by atoms with E-state index in [4.69, 9.17) is 15.7 Å². The average molecular weight is 226 g/mol. The zero-order valence-electron chi connectivity index (χ0n) is 9.39. The van der Waals surface area contributed by atoms with Gasteiger partial charge in [-0.25, -0.2) is 10.8 Å². The molecule has 0 aliphatic carbocycles. The highest BCUT2D eigenvalue weighted by Gasteiger charge is 2.06. The van der Waals surface area contributed by atoms with Gasteiger partial charge in [-0.05, 0) is 6.07 Å². The molecule has 4 N–H and O–H groups in total. The molecule has 1 rings (SSSR count). The van der Waals surface area contributed by atoms with Gasteiger partial charge in [-0.3, -0.25) is 0 Å². The standard InChI is InChI=1S/C10H18N4O2/c1-16-7-5-14(4-6-15)9-2-3-12-10(8-9)13-11/h2-3,8,15H,4-7,11H2,1H3,(H,12,13). The number of hydrazine groups is 1. The second-order valence-electron chi connectivity index (χ2n) is 3.25. The highest BCUT2D eigenvalue weighted by molar-refractivity contribution is 5.53. The Hall–Kier alpha value is -1.37. The van der Waals surface area contributed by atoms with E-state index in [0.717, 1.165) is 5.69 Å². The number of aromatic nitrogens is 1. The first-order valence-corrected chi connectivity index (χ1v) is 5.09. The Morgan fingerprint density at radius 3 is 3.00 bits per heavy atom. The van der Waals surface area contributed by atoms with Crippen molar-refractivity contribution in [3.63, 3.8) is 0 Å². The largest absolute Gasteiger partial charge is 0.395 e. The van der Waals surface area contributed by atoms with Crippen molar-refractivity contribution >= 4 is 11.5 Å². The molecule has 0 aliphatic rings. The smallest absolute Gasteiger partial charge is 0.141 e. The van der Waals surface area contributed by atoms with Crippen molar-refractivity contribution in [1.29, 1.82) is 0 Å². The summed E-state index contributed by atoms with van der Waals surface area (Å²) < 4.78 is 5.02. The van der Waals surface area contributed by atoms with Crippen molar-refractivity contribution in [2.75, 3.05) is 43.7 Å². The third kappa shape index (κ3) is 3.65. The third-order valence-electron chi connectivity index (χ3n) is 2.19. The van der Waals surface area contributed by atoms with Crippen molar-refractivity contribution in [3.05, 3.63) is 18.3 Å². The number of pyridine rings is 1. The summed E-state index contributed by atoms with van der Waals surface area (Å²) in [5.74, 6) is 5.88. The van der Waals surface area contributed by atoms with Crippen molar-refractivity contribution in [3.8, 4) is 0 Å². The summed E-state index contributed by atoms with van der Waals surface area (Å²) in [4.78, 5) is 6.03. The van der Waals surface area contributed by atoms with Gasteiger partial charge < -0.3 is 20.2 Å². The molecule has 0 aliphatic heterocycles. The maximum Gasteiger partial charge on any atom is 0.141 e. The van der Waals surface area contributed by atoms with Gasteiger partial charge >= 0.3 is 0 Å². The number of rotatable bonds is 7. The molecule has 0 aromatic carbocycles. The molecule has 6 nitrogen and oxygen atoms in total. The topological polar surface area (TPSA) is 83.6 Å². The van der Waals surface area contributed by atoms with Gasteiger partial charge in [-0.15, -0.1) is 0 Å². The minimum atomic E-state index is 0.0947. The minimum absolute atomic E-state index is 0.0947. The number of hydrogen-bond acceptors (Lipinski definition) is 6. The summed E-state index contributed by atoms with van der Waals surface area (Å²) in [7, 11) is 1.65. The first-order valence-electron chi connectivity index (χ1n) is 5.09. The van der Waals surface area contributed by atoms with Crippen LogP contribution in [0.2, 0.25) is 0 Å². The number of nitrogen functional groups attached to an aromatic ring is 1. The molecule has 0 amide bonds. The lowest BCUT2D eigenvalue weighted by atomic mass is 10.3. The Kier molecular flexibility index (Phi) is 5.55. The van der Waals surface area contributed by atoms with E-state index in [0.29, 0.717) is 25.5 Å². The molecule has 0 saturated carbocycles. The Morgan fingerprint density at radius 1 is 1.56 bits per heavy atom. The second-order valence-corrected chi connectivity index (χ2v) is 3.25. The Morgan fingerprint density at radius 2 is 2.38 bits per heavy atom. The molecule has 16 heavy (non-hydrogen) atoms. The van der Waals surface area contributed by atoms with E-state index in [1.54, 1.807) is 13.3 Å². The zero-order chi connectivity index (χ0) is 11.8. The number of methoxy groups -OCH3 is 1. The summed E-state index contributed by atoms with van der Waals surface area (Å²) in [6, 6.07) is 3.69. The van der Waals surface area contributed by atoms with Crippen LogP contribution in [0.5, 0.6) is 0 Å². The maximum absolute atomic E-state index is 8.99. The molecule has 0 spiro atoms. The molecule has 0 unspecified atom stereocenters. The Bertz CT molecular complexity index is 309. The molecule has 0 fully saturated rings. The lowest BCUT2D eigenvalue weighted by Crippen LogP contribution is -2.30. The number of aliphatic hydroxyl groups excluding tert-OH is 1. The monoisotopic (exact) mass is 226 g/mol. The number of nitrogens with zero attached hydrogens (tertiary/aromatic N) is 2. The van der Waals surface area contributed by atoms with E-state index in [1.807, 2.05) is 17.0 Å². The molecular formula is C10H18N4O2. The fraction of sp³-hybridized carbons (Fsp3) is 0.500. The average Bonchev–Trinajstić information content (AvgIpc) is 2.34. The fourth-order valence-electron chi connectivity index (χ4n) is 1.39. The number of nitrogens with two attached hydrogens (primary N) is 1. The van der Waals surface area contributed by atoms with Crippen molar-refractivity contribution in [2.45, 2.75) is 0 Å². The quantitative estimate of drug-likeness (QED) is 0.441. The predicted molar refractivity (Wildman–Crippen MR) is 63.2 cm³/mol. The van der Waals surface area contributed by atoms with Crippen LogP contribution in [0.4, 0.5) is 11.5 Å². The van der Waals surface area contributed by atoms with E-state index in [-0.39, 0.29) is 6.61 Å². The number of aliphatic hydroxyl groups is 1. The molecule has 1 heterocycles. The van der Waals surface area contributed by atoms with Gasteiger partial charge in [-0.2, -0.15) is 0 Å². The molecule has 1 aromatic heterocycles. The first-order chi connectivity index (χ1) is 7.81. The number of ether oxygens (including phenoxy) is 1. The molecular weight excluding hydrogens is 208 g/mol. The highest BCUT2D eigenvalue weighted by Crippen LogP contribution is 2.16. The number of nitrogens with one attached hydrogen (secondary N) is 1. The van der Waals surface area contributed by atoms with Crippen LogP contribution in [0.3, 0.4) is 0 Å². The number of anilines is 2. The summed E-state index contributed by atoms with van der Waals surface area (Å²) in [6.07, 6.45) is 1.67. The number of hydrogen-bond donors (Lipinski definition) is 3. The van der Waals surface area contributed by atoms with Gasteiger partial charge in [0.05, 0.1) is 13.2 Å². The molecule has 6 heteroatoms. The molecule has 0 saturated heterocycles. The van der Waals surface area contributed by atoms with Crippen LogP contribution < -0.4 is 16.2 Å². The van der Waals surface area contributed by atoms with Gasteiger partial charge in [-0.1, -0.05) is 0 Å². The maximum atomic E-state index is 8.99. The van der Waals surface area contributed by atoms with Gasteiger partial charge in [0.15, 0.2) is 0 Å². The minimum Gasteiger partial charge on any atom is -0.395 e. The van der Waals surface area contributed by atoms with Crippen molar-refractivity contribution in [1.82, 2.24) is 4.98 Å². The molecule has 0 bridgehead atoms. The van der Waals surface area contributed by atoms with Crippen LogP contribution in [-0.2, 0) is 4.74 Å². The van der Waals surface area contributed by atoms with Crippen LogP contribution in [0.15, 0.2) is 18.3 Å². The van der Waals surface area contributed by atoms with Crippen LogP contribution in [0.1, 0.15) is 0 Å². The fourth-order valence-corrected chi connectivity index (χ4v) is 1.39.